The van der Waals surface area contributed by atoms with Crippen LogP contribution in [0.3, 0.4) is 0 Å². The van der Waals surface area contributed by atoms with E-state index >= 15 is 0 Å². The van der Waals surface area contributed by atoms with Gasteiger partial charge in [-0.25, -0.2) is 0 Å². The lowest BCUT2D eigenvalue weighted by Crippen LogP contribution is -1.94. The van der Waals surface area contributed by atoms with Gasteiger partial charge in [-0.2, -0.15) is 0 Å². The quantitative estimate of drug-likeness (QED) is 0.318. The Balaban J connectivity index is 1.23. The molecule has 0 unspecified atom stereocenters. The minimum absolute atomic E-state index is 0.901. The number of anilines is 2. The average Bonchev–Trinajstić information content (AvgIpc) is 3.22. The summed E-state index contributed by atoms with van der Waals surface area (Å²) in [4.78, 5) is 7.79. The molecular weight excluding hydrogens is 382 g/mol. The van der Waals surface area contributed by atoms with E-state index in [4.69, 9.17) is 4.74 Å². The number of rotatable bonds is 7. The van der Waals surface area contributed by atoms with E-state index in [2.05, 4.69) is 63.9 Å². The Bertz CT molecular complexity index is 1320. The molecule has 0 radical (unpaired) electrons. The monoisotopic (exact) mass is 407 g/mol. The van der Waals surface area contributed by atoms with Gasteiger partial charge in [-0.05, 0) is 72.9 Å². The molecule has 2 heterocycles. The van der Waals surface area contributed by atoms with Crippen LogP contribution in [0.25, 0.3) is 21.8 Å². The van der Waals surface area contributed by atoms with Gasteiger partial charge in [-0.1, -0.05) is 30.3 Å². The summed E-state index contributed by atoms with van der Waals surface area (Å²) in [7, 11) is 1.71. The van der Waals surface area contributed by atoms with Crippen LogP contribution in [0.15, 0.2) is 85.2 Å². The number of H-pyrrole nitrogens is 1. The van der Waals surface area contributed by atoms with Gasteiger partial charge in [0.25, 0.3) is 0 Å². The summed E-state index contributed by atoms with van der Waals surface area (Å²) in [6.45, 7) is 0. The van der Waals surface area contributed by atoms with Crippen LogP contribution in [0.5, 0.6) is 5.75 Å². The molecule has 0 saturated heterocycles. The number of methoxy groups -OCH3 is 1. The Morgan fingerprint density at radius 1 is 0.903 bits per heavy atom. The average molecular weight is 408 g/mol. The van der Waals surface area contributed by atoms with Gasteiger partial charge in [0.05, 0.1) is 12.6 Å². The van der Waals surface area contributed by atoms with Gasteiger partial charge in [0.1, 0.15) is 5.75 Å². The first-order chi connectivity index (χ1) is 15.3. The van der Waals surface area contributed by atoms with Crippen molar-refractivity contribution in [2.24, 2.45) is 0 Å². The van der Waals surface area contributed by atoms with Crippen molar-refractivity contribution in [3.8, 4) is 5.75 Å². The van der Waals surface area contributed by atoms with E-state index in [9.17, 15) is 0 Å². The van der Waals surface area contributed by atoms with E-state index < -0.39 is 0 Å². The molecular formula is C27H25N3O. The van der Waals surface area contributed by atoms with E-state index in [0.29, 0.717) is 0 Å². The Morgan fingerprint density at radius 2 is 1.77 bits per heavy atom. The van der Waals surface area contributed by atoms with Gasteiger partial charge in [0.15, 0.2) is 0 Å². The number of fused-ring (bicyclic) bond motifs is 2. The molecule has 0 aliphatic rings. The number of aromatic nitrogens is 2. The largest absolute Gasteiger partial charge is 0.497 e. The fourth-order valence-corrected chi connectivity index (χ4v) is 4.09. The zero-order chi connectivity index (χ0) is 21.0. The van der Waals surface area contributed by atoms with Gasteiger partial charge >= 0.3 is 0 Å². The van der Waals surface area contributed by atoms with Crippen LogP contribution in [-0.2, 0) is 12.8 Å². The van der Waals surface area contributed by atoms with E-state index in [1.807, 2.05) is 36.5 Å². The molecule has 5 aromatic rings. The van der Waals surface area contributed by atoms with Crippen LogP contribution in [-0.4, -0.2) is 17.1 Å². The highest BCUT2D eigenvalue weighted by Crippen LogP contribution is 2.26. The van der Waals surface area contributed by atoms with Crippen molar-refractivity contribution >= 4 is 33.2 Å². The summed E-state index contributed by atoms with van der Waals surface area (Å²) >= 11 is 0. The highest BCUT2D eigenvalue weighted by atomic mass is 16.5. The van der Waals surface area contributed by atoms with Crippen molar-refractivity contribution in [3.05, 3.63) is 96.3 Å². The molecule has 2 N–H and O–H groups in total. The summed E-state index contributed by atoms with van der Waals surface area (Å²) in [6.07, 6.45) is 7.16. The van der Waals surface area contributed by atoms with Crippen LogP contribution in [0.2, 0.25) is 0 Å². The molecule has 4 heteroatoms. The number of hydrogen-bond donors (Lipinski definition) is 2. The lowest BCUT2D eigenvalue weighted by atomic mass is 10.0. The third-order valence-corrected chi connectivity index (χ3v) is 5.77. The van der Waals surface area contributed by atoms with Crippen molar-refractivity contribution in [2.75, 3.05) is 12.4 Å². The molecule has 0 saturated carbocycles. The first-order valence-electron chi connectivity index (χ1n) is 10.6. The third kappa shape index (κ3) is 4.10. The summed E-state index contributed by atoms with van der Waals surface area (Å²) < 4.78 is 5.37. The second-order valence-electron chi connectivity index (χ2n) is 7.78. The van der Waals surface area contributed by atoms with Crippen LogP contribution < -0.4 is 10.1 Å². The highest BCUT2D eigenvalue weighted by Gasteiger charge is 2.06. The molecule has 5 rings (SSSR count). The second-order valence-corrected chi connectivity index (χ2v) is 7.78. The van der Waals surface area contributed by atoms with Crippen molar-refractivity contribution in [3.63, 3.8) is 0 Å². The topological polar surface area (TPSA) is 49.9 Å². The molecule has 0 amide bonds. The molecule has 0 bridgehead atoms. The number of ether oxygens (including phenoxy) is 1. The lowest BCUT2D eigenvalue weighted by molar-refractivity contribution is 0.415. The minimum atomic E-state index is 0.901. The highest BCUT2D eigenvalue weighted by molar-refractivity contribution is 5.92. The molecule has 31 heavy (non-hydrogen) atoms. The summed E-state index contributed by atoms with van der Waals surface area (Å²) in [6, 6.07) is 25.1. The fourth-order valence-electron chi connectivity index (χ4n) is 4.09. The number of nitrogens with zero attached hydrogens (tertiary/aromatic N) is 1. The first kappa shape index (κ1) is 19.2. The summed E-state index contributed by atoms with van der Waals surface area (Å²) in [5.41, 5.74) is 7.02. The summed E-state index contributed by atoms with van der Waals surface area (Å²) in [5, 5.41) is 5.91. The predicted molar refractivity (Wildman–Crippen MR) is 128 cm³/mol. The molecule has 0 fully saturated rings. The third-order valence-electron chi connectivity index (χ3n) is 5.77. The van der Waals surface area contributed by atoms with E-state index in [0.717, 1.165) is 52.8 Å². The van der Waals surface area contributed by atoms with E-state index in [1.54, 1.807) is 7.11 Å². The Hall–Kier alpha value is -3.79. The van der Waals surface area contributed by atoms with Crippen molar-refractivity contribution in [2.45, 2.75) is 19.3 Å². The maximum absolute atomic E-state index is 5.37. The normalized spacial score (nSPS) is 11.1. The predicted octanol–water partition coefficient (Wildman–Crippen LogP) is 6.64. The zero-order valence-electron chi connectivity index (χ0n) is 17.6. The number of aromatic amines is 1. The van der Waals surface area contributed by atoms with Crippen LogP contribution in [0.4, 0.5) is 11.4 Å². The van der Waals surface area contributed by atoms with Crippen molar-refractivity contribution < 1.29 is 4.74 Å². The second kappa shape index (κ2) is 8.52. The van der Waals surface area contributed by atoms with Gasteiger partial charge in [0.2, 0.25) is 0 Å². The standard InChI is InChI=1S/C27H25N3O/c1-31-22-13-14-26-24(17-22)20(18-29-26)6-4-5-19-9-11-21(12-10-19)30-27-15-16-28-25-8-3-2-7-23(25)27/h2-3,7-18,29H,4-6H2,1H3,(H,28,30). The van der Waals surface area contributed by atoms with Crippen LogP contribution in [0.1, 0.15) is 17.5 Å². The van der Waals surface area contributed by atoms with E-state index in [-0.39, 0.29) is 0 Å². The molecule has 0 aliphatic heterocycles. The maximum Gasteiger partial charge on any atom is 0.119 e. The SMILES string of the molecule is COc1ccc2[nH]cc(CCCc3ccc(Nc4ccnc5ccccc45)cc3)c2c1. The molecule has 4 nitrogen and oxygen atoms in total. The van der Waals surface area contributed by atoms with Gasteiger partial charge in [-0.15, -0.1) is 0 Å². The lowest BCUT2D eigenvalue weighted by Gasteiger charge is -2.10. The van der Waals surface area contributed by atoms with Crippen LogP contribution in [0, 0.1) is 0 Å². The number of benzene rings is 3. The smallest absolute Gasteiger partial charge is 0.119 e. The number of nitrogens with one attached hydrogen (secondary N) is 2. The molecule has 154 valence electrons. The Morgan fingerprint density at radius 3 is 2.65 bits per heavy atom. The zero-order valence-corrected chi connectivity index (χ0v) is 17.6. The number of aryl methyl sites for hydroxylation is 2. The van der Waals surface area contributed by atoms with Crippen molar-refractivity contribution in [1.29, 1.82) is 0 Å². The molecule has 3 aromatic carbocycles. The van der Waals surface area contributed by atoms with Gasteiger partial charge in [-0.3, -0.25) is 4.98 Å². The molecule has 0 spiro atoms. The number of pyridine rings is 1. The van der Waals surface area contributed by atoms with Crippen LogP contribution >= 0.6 is 0 Å². The number of hydrogen-bond acceptors (Lipinski definition) is 3. The van der Waals surface area contributed by atoms with Gasteiger partial charge < -0.3 is 15.0 Å². The Labute approximate surface area is 181 Å². The maximum atomic E-state index is 5.37. The first-order valence-corrected chi connectivity index (χ1v) is 10.6. The number of para-hydroxylation sites is 1. The fraction of sp³-hybridized carbons (Fsp3) is 0.148. The molecule has 2 aromatic heterocycles. The van der Waals surface area contributed by atoms with Crippen molar-refractivity contribution in [1.82, 2.24) is 9.97 Å². The summed E-state index contributed by atoms with van der Waals surface area (Å²) in [5.74, 6) is 0.901. The minimum Gasteiger partial charge on any atom is -0.497 e. The Kier molecular flexibility index (Phi) is 5.28. The van der Waals surface area contributed by atoms with E-state index in [1.165, 1.54) is 16.5 Å². The van der Waals surface area contributed by atoms with Gasteiger partial charge in [0, 0.05) is 40.1 Å². The molecule has 0 aliphatic carbocycles. The molecule has 0 atom stereocenters.